The highest BCUT2D eigenvalue weighted by atomic mass is 32.1. The van der Waals surface area contributed by atoms with Crippen LogP contribution in [0.15, 0.2) is 6.20 Å². The van der Waals surface area contributed by atoms with Gasteiger partial charge in [0.15, 0.2) is 12.8 Å². The maximum absolute atomic E-state index is 14.9. The third-order valence-corrected chi connectivity index (χ3v) is 8.55. The summed E-state index contributed by atoms with van der Waals surface area (Å²) >= 11 is 2.74. The summed E-state index contributed by atoms with van der Waals surface area (Å²) in [7, 11) is 0. The quantitative estimate of drug-likeness (QED) is 0.488. The van der Waals surface area contributed by atoms with Gasteiger partial charge in [-0.15, -0.1) is 11.3 Å². The minimum atomic E-state index is -2.94. The molecule has 194 valence electrons. The van der Waals surface area contributed by atoms with Gasteiger partial charge in [-0.3, -0.25) is 9.69 Å². The molecule has 35 heavy (non-hydrogen) atoms. The van der Waals surface area contributed by atoms with Gasteiger partial charge in [-0.05, 0) is 57.9 Å². The van der Waals surface area contributed by atoms with Gasteiger partial charge in [0.1, 0.15) is 0 Å². The summed E-state index contributed by atoms with van der Waals surface area (Å²) in [6.07, 6.45) is 6.67. The second-order valence-electron chi connectivity index (χ2n) is 9.76. The van der Waals surface area contributed by atoms with E-state index in [1.807, 2.05) is 6.92 Å². The largest absolute Gasteiger partial charge is 0.464 e. The molecule has 0 bridgehead atoms. The van der Waals surface area contributed by atoms with Gasteiger partial charge < -0.3 is 10.1 Å². The fraction of sp³-hybridized carbons (Fsp3) is 0.708. The fourth-order valence-electron chi connectivity index (χ4n) is 4.77. The highest BCUT2D eigenvalue weighted by Crippen LogP contribution is 2.35. The molecule has 2 aliphatic rings. The maximum Gasteiger partial charge on any atom is 0.278 e. The summed E-state index contributed by atoms with van der Waals surface area (Å²) in [5.74, 6) is -2.30. The average Bonchev–Trinajstić information content (AvgIpc) is 3.36. The predicted molar refractivity (Wildman–Crippen MR) is 131 cm³/mol. The van der Waals surface area contributed by atoms with E-state index in [0.29, 0.717) is 24.5 Å². The monoisotopic (exact) mass is 530 g/mol. The standard InChI is InChI=1S/C24H33F3N4O2S2/c1-15-28-12-18(34-15)11-21(32)29-17-5-3-16(4-6-17)7-9-31-10-8-20-22(19(25)13-31)30-23(35-20)33-14-24(2,26)27/h12,16-17,19H,3-11,13-14H2,1-2H3,(H,29,32). The number of hydrogen-bond acceptors (Lipinski definition) is 7. The molecule has 1 unspecified atom stereocenters. The number of carbonyl (C=O) groups excluding carboxylic acids is 1. The van der Waals surface area contributed by atoms with Crippen molar-refractivity contribution in [2.75, 3.05) is 26.2 Å². The van der Waals surface area contributed by atoms with Gasteiger partial charge in [-0.25, -0.2) is 23.1 Å². The lowest BCUT2D eigenvalue weighted by molar-refractivity contribution is -0.121. The van der Waals surface area contributed by atoms with Crippen LogP contribution in [0.4, 0.5) is 13.2 Å². The van der Waals surface area contributed by atoms with Crippen LogP contribution < -0.4 is 10.1 Å². The lowest BCUT2D eigenvalue weighted by atomic mass is 9.84. The van der Waals surface area contributed by atoms with Crippen LogP contribution in [0.25, 0.3) is 0 Å². The number of carbonyl (C=O) groups is 1. The molecule has 1 fully saturated rings. The lowest BCUT2D eigenvalue weighted by Gasteiger charge is -2.31. The number of hydrogen-bond donors (Lipinski definition) is 1. The first-order valence-electron chi connectivity index (χ1n) is 12.2. The number of amides is 1. The normalized spacial score (nSPS) is 23.5. The van der Waals surface area contributed by atoms with E-state index in [2.05, 4.69) is 20.2 Å². The molecule has 6 nitrogen and oxygen atoms in total. The lowest BCUT2D eigenvalue weighted by Crippen LogP contribution is -2.39. The van der Waals surface area contributed by atoms with Crippen molar-refractivity contribution in [3.05, 3.63) is 26.7 Å². The van der Waals surface area contributed by atoms with Crippen molar-refractivity contribution < 1.29 is 22.7 Å². The SMILES string of the molecule is Cc1ncc(CC(=O)NC2CCC(CCN3CCc4sc(OCC(C)(F)F)nc4C(F)C3)CC2)s1. The van der Waals surface area contributed by atoms with E-state index in [0.717, 1.165) is 66.9 Å². The van der Waals surface area contributed by atoms with Gasteiger partial charge >= 0.3 is 0 Å². The van der Waals surface area contributed by atoms with Crippen molar-refractivity contribution in [2.24, 2.45) is 5.92 Å². The molecule has 1 aliphatic heterocycles. The van der Waals surface area contributed by atoms with E-state index in [4.69, 9.17) is 4.74 Å². The number of aryl methyl sites for hydroxylation is 1. The number of ether oxygens (including phenoxy) is 1. The van der Waals surface area contributed by atoms with Crippen molar-refractivity contribution in [1.82, 2.24) is 20.2 Å². The Kier molecular flexibility index (Phi) is 8.70. The Morgan fingerprint density at radius 2 is 2.06 bits per heavy atom. The van der Waals surface area contributed by atoms with Crippen LogP contribution in [0.2, 0.25) is 0 Å². The van der Waals surface area contributed by atoms with Gasteiger partial charge in [-0.1, -0.05) is 11.3 Å². The van der Waals surface area contributed by atoms with E-state index >= 15 is 0 Å². The van der Waals surface area contributed by atoms with E-state index in [-0.39, 0.29) is 23.7 Å². The van der Waals surface area contributed by atoms with Gasteiger partial charge in [0.2, 0.25) is 5.91 Å². The van der Waals surface area contributed by atoms with Gasteiger partial charge in [0, 0.05) is 42.0 Å². The Balaban J connectivity index is 1.16. The Morgan fingerprint density at radius 1 is 1.29 bits per heavy atom. The molecule has 1 atom stereocenters. The zero-order valence-electron chi connectivity index (χ0n) is 20.2. The van der Waals surface area contributed by atoms with Crippen LogP contribution in [0, 0.1) is 12.8 Å². The van der Waals surface area contributed by atoms with Gasteiger partial charge in [0.25, 0.3) is 11.1 Å². The summed E-state index contributed by atoms with van der Waals surface area (Å²) in [6.45, 7) is 3.79. The molecule has 11 heteroatoms. The van der Waals surface area contributed by atoms with Crippen molar-refractivity contribution in [3.63, 3.8) is 0 Å². The molecule has 2 aromatic rings. The number of nitrogens with zero attached hydrogens (tertiary/aromatic N) is 3. The number of alkyl halides is 3. The number of aromatic nitrogens is 2. The summed E-state index contributed by atoms with van der Waals surface area (Å²) < 4.78 is 46.1. The summed E-state index contributed by atoms with van der Waals surface area (Å²) in [4.78, 5) is 24.6. The Hall–Kier alpha value is -1.72. The summed E-state index contributed by atoms with van der Waals surface area (Å²) in [5, 5.41) is 4.27. The molecule has 1 amide bonds. The van der Waals surface area contributed by atoms with E-state index in [1.165, 1.54) is 11.3 Å². The highest BCUT2D eigenvalue weighted by molar-refractivity contribution is 7.13. The van der Waals surface area contributed by atoms with E-state index in [1.54, 1.807) is 17.5 Å². The fourth-order valence-corrected chi connectivity index (χ4v) is 6.50. The summed E-state index contributed by atoms with van der Waals surface area (Å²) in [6, 6.07) is 0.229. The first kappa shape index (κ1) is 26.3. The first-order valence-corrected chi connectivity index (χ1v) is 13.9. The molecule has 0 radical (unpaired) electrons. The van der Waals surface area contributed by atoms with Crippen molar-refractivity contribution in [2.45, 2.75) is 76.9 Å². The Morgan fingerprint density at radius 3 is 2.74 bits per heavy atom. The number of nitrogens with one attached hydrogen (secondary N) is 1. The molecular weight excluding hydrogens is 497 g/mol. The minimum Gasteiger partial charge on any atom is -0.464 e. The third-order valence-electron chi connectivity index (χ3n) is 6.60. The Bertz CT molecular complexity index is 986. The van der Waals surface area contributed by atoms with Crippen LogP contribution in [0.5, 0.6) is 5.19 Å². The Labute approximate surface area is 212 Å². The molecule has 2 aromatic heterocycles. The van der Waals surface area contributed by atoms with Crippen molar-refractivity contribution >= 4 is 28.6 Å². The smallest absolute Gasteiger partial charge is 0.278 e. The number of fused-ring (bicyclic) bond motifs is 1. The minimum absolute atomic E-state index is 0.0636. The topological polar surface area (TPSA) is 67.4 Å². The second kappa shape index (κ2) is 11.6. The number of rotatable bonds is 9. The zero-order valence-corrected chi connectivity index (χ0v) is 21.8. The molecule has 0 aromatic carbocycles. The summed E-state index contributed by atoms with van der Waals surface area (Å²) in [5.41, 5.74) is 0.344. The number of halogens is 3. The van der Waals surface area contributed by atoms with Crippen LogP contribution in [0.3, 0.4) is 0 Å². The van der Waals surface area contributed by atoms with Gasteiger partial charge in [0.05, 0.1) is 17.1 Å². The molecule has 1 N–H and O–H groups in total. The second-order valence-corrected chi connectivity index (χ2v) is 12.1. The molecule has 4 rings (SSSR count). The van der Waals surface area contributed by atoms with E-state index in [9.17, 15) is 18.0 Å². The zero-order chi connectivity index (χ0) is 25.0. The molecule has 1 saturated carbocycles. The first-order chi connectivity index (χ1) is 16.6. The molecule has 0 spiro atoms. The van der Waals surface area contributed by atoms with Gasteiger partial charge in [-0.2, -0.15) is 0 Å². The number of thiazole rings is 2. The highest BCUT2D eigenvalue weighted by Gasteiger charge is 2.30. The van der Waals surface area contributed by atoms with Crippen molar-refractivity contribution in [3.8, 4) is 5.19 Å². The van der Waals surface area contributed by atoms with Crippen molar-refractivity contribution in [1.29, 1.82) is 0 Å². The molecular formula is C24H33F3N4O2S2. The van der Waals surface area contributed by atoms with E-state index < -0.39 is 18.7 Å². The van der Waals surface area contributed by atoms with Crippen LogP contribution in [0.1, 0.15) is 65.7 Å². The predicted octanol–water partition coefficient (Wildman–Crippen LogP) is 5.12. The molecule has 3 heterocycles. The van der Waals surface area contributed by atoms with Crippen LogP contribution in [-0.4, -0.2) is 59.0 Å². The van der Waals surface area contributed by atoms with Crippen LogP contribution in [-0.2, 0) is 17.6 Å². The molecule has 1 aliphatic carbocycles. The van der Waals surface area contributed by atoms with Crippen LogP contribution >= 0.6 is 22.7 Å². The average molecular weight is 531 g/mol. The third kappa shape index (κ3) is 7.88. The maximum atomic E-state index is 14.9. The molecule has 0 saturated heterocycles.